The van der Waals surface area contributed by atoms with Crippen molar-refractivity contribution >= 4 is 26.5 Å². The maximum absolute atomic E-state index is 12.6. The molecule has 0 spiro atoms. The molecule has 0 saturated carbocycles. The molecule has 0 saturated heterocycles. The molecule has 1 aliphatic heterocycles. The van der Waals surface area contributed by atoms with Crippen LogP contribution in [0, 0.1) is 0 Å². The Labute approximate surface area is 176 Å². The lowest BCUT2D eigenvalue weighted by atomic mass is 10.1. The molecular weight excluding hydrogens is 436 g/mol. The summed E-state index contributed by atoms with van der Waals surface area (Å²) >= 11 is 1.39. The molecule has 4 rings (SSSR count). The molecule has 0 unspecified atom stereocenters. The van der Waals surface area contributed by atoms with Crippen LogP contribution in [0.3, 0.4) is 0 Å². The molecule has 0 atom stereocenters. The lowest BCUT2D eigenvalue weighted by Crippen LogP contribution is -2.29. The van der Waals surface area contributed by atoms with Gasteiger partial charge in [0.2, 0.25) is 15.9 Å². The molecule has 1 aromatic carbocycles. The quantitative estimate of drug-likeness (QED) is 0.564. The van der Waals surface area contributed by atoms with Crippen LogP contribution in [0.15, 0.2) is 28.7 Å². The number of halogens is 2. The zero-order chi connectivity index (χ0) is 21.5. The number of hydrogen-bond donors (Lipinski definition) is 0. The molecule has 0 aliphatic carbocycles. The highest BCUT2D eigenvalue weighted by molar-refractivity contribution is 7.92. The smallest absolute Gasteiger partial charge is 0.314 e. The van der Waals surface area contributed by atoms with Gasteiger partial charge in [-0.3, -0.25) is 0 Å². The van der Waals surface area contributed by atoms with Crippen molar-refractivity contribution in [3.8, 4) is 11.5 Å². The number of rotatable bonds is 6. The highest BCUT2D eigenvalue weighted by Crippen LogP contribution is 2.32. The summed E-state index contributed by atoms with van der Waals surface area (Å²) in [5.74, 6) is -0.760. The summed E-state index contributed by atoms with van der Waals surface area (Å²) in [5.41, 5.74) is 2.13. The van der Waals surface area contributed by atoms with Gasteiger partial charge in [0, 0.05) is 30.0 Å². The van der Waals surface area contributed by atoms with Crippen LogP contribution >= 0.6 is 11.3 Å². The van der Waals surface area contributed by atoms with Crippen molar-refractivity contribution in [2.75, 3.05) is 24.2 Å². The Bertz CT molecular complexity index is 1150. The lowest BCUT2D eigenvalue weighted by Gasteiger charge is -2.20. The third kappa shape index (κ3) is 4.35. The van der Waals surface area contributed by atoms with Crippen LogP contribution in [0.5, 0.6) is 0 Å². The number of nitrogens with zero attached hydrogens (tertiary/aromatic N) is 5. The molecule has 0 bridgehead atoms. The number of benzene rings is 1. The van der Waals surface area contributed by atoms with E-state index in [-0.39, 0.29) is 12.4 Å². The van der Waals surface area contributed by atoms with E-state index in [0.29, 0.717) is 16.3 Å². The molecule has 160 valence electrons. The average molecular weight is 456 g/mol. The first-order valence-electron chi connectivity index (χ1n) is 9.06. The minimum atomic E-state index is -3.55. The van der Waals surface area contributed by atoms with Gasteiger partial charge in [-0.05, 0) is 24.7 Å². The van der Waals surface area contributed by atoms with Gasteiger partial charge in [0.15, 0.2) is 5.13 Å². The van der Waals surface area contributed by atoms with Gasteiger partial charge in [-0.15, -0.1) is 10.2 Å². The topological polar surface area (TPSA) is 92.4 Å². The van der Waals surface area contributed by atoms with Crippen LogP contribution in [0.1, 0.15) is 28.5 Å². The molecule has 0 fully saturated rings. The molecule has 8 nitrogen and oxygen atoms in total. The molecule has 12 heteroatoms. The summed E-state index contributed by atoms with van der Waals surface area (Å²) < 4.78 is 56.4. The summed E-state index contributed by atoms with van der Waals surface area (Å²) in [6.45, 7) is 1.75. The number of likely N-dealkylation sites (N-methyl/N-ethyl adjacent to an activating group) is 1. The zero-order valence-corrected chi connectivity index (χ0v) is 17.9. The van der Waals surface area contributed by atoms with Crippen molar-refractivity contribution < 1.29 is 21.6 Å². The van der Waals surface area contributed by atoms with Gasteiger partial charge in [-0.2, -0.15) is 8.78 Å². The summed E-state index contributed by atoms with van der Waals surface area (Å²) in [7, 11) is -1.53. The van der Waals surface area contributed by atoms with E-state index in [4.69, 9.17) is 4.42 Å². The number of hydrogen-bond acceptors (Lipinski definition) is 8. The Morgan fingerprint density at radius 3 is 2.63 bits per heavy atom. The van der Waals surface area contributed by atoms with Crippen LogP contribution < -0.4 is 4.31 Å². The van der Waals surface area contributed by atoms with Crippen LogP contribution in [0.4, 0.5) is 13.9 Å². The summed E-state index contributed by atoms with van der Waals surface area (Å²) in [6, 6.07) is 6.64. The van der Waals surface area contributed by atoms with E-state index >= 15 is 0 Å². The zero-order valence-electron chi connectivity index (χ0n) is 16.2. The molecule has 1 aliphatic rings. The second-order valence-corrected chi connectivity index (χ2v) is 10.0. The van der Waals surface area contributed by atoms with Crippen LogP contribution in [-0.4, -0.2) is 48.3 Å². The van der Waals surface area contributed by atoms with Gasteiger partial charge >= 0.3 is 6.43 Å². The fourth-order valence-electron chi connectivity index (χ4n) is 3.10. The molecule has 0 amide bonds. The third-order valence-corrected chi connectivity index (χ3v) is 7.00. The third-order valence-electron chi connectivity index (χ3n) is 4.68. The van der Waals surface area contributed by atoms with E-state index < -0.39 is 22.3 Å². The minimum Gasteiger partial charge on any atom is -0.415 e. The summed E-state index contributed by atoms with van der Waals surface area (Å²) in [6.07, 6.45) is -0.893. The van der Waals surface area contributed by atoms with Crippen LogP contribution in [0.2, 0.25) is 0 Å². The van der Waals surface area contributed by atoms with E-state index in [0.717, 1.165) is 36.3 Å². The first kappa shape index (κ1) is 20.8. The Morgan fingerprint density at radius 2 is 2.00 bits per heavy atom. The number of fused-ring (bicyclic) bond motifs is 1. The van der Waals surface area contributed by atoms with E-state index in [2.05, 4.69) is 20.1 Å². The summed E-state index contributed by atoms with van der Waals surface area (Å²) in [4.78, 5) is 7.82. The van der Waals surface area contributed by atoms with Gasteiger partial charge in [0.05, 0.1) is 18.5 Å². The number of alkyl halides is 2. The van der Waals surface area contributed by atoms with Gasteiger partial charge in [-0.25, -0.2) is 17.7 Å². The highest BCUT2D eigenvalue weighted by Gasteiger charge is 2.26. The number of anilines is 1. The second-order valence-electron chi connectivity index (χ2n) is 7.07. The monoisotopic (exact) mass is 455 g/mol. The fourth-order valence-corrected chi connectivity index (χ4v) is 5.42. The standard InChI is InChI=1S/C18H19F2N5O3S2/c1-24-8-7-13-14(10-24)29-18(21-13)25(30(2,26)27)9-11-3-5-12(6-4-11)16-22-23-17(28-16)15(19)20/h3-6,15H,7-10H2,1-2H3. The van der Waals surface area contributed by atoms with Crippen LogP contribution in [-0.2, 0) is 29.5 Å². The van der Waals surface area contributed by atoms with E-state index in [1.54, 1.807) is 24.3 Å². The van der Waals surface area contributed by atoms with Gasteiger partial charge < -0.3 is 9.32 Å². The highest BCUT2D eigenvalue weighted by atomic mass is 32.2. The van der Waals surface area contributed by atoms with Crippen molar-refractivity contribution in [1.29, 1.82) is 0 Å². The maximum Gasteiger partial charge on any atom is 0.314 e. The Kier molecular flexibility index (Phi) is 5.55. The first-order valence-corrected chi connectivity index (χ1v) is 11.7. The SMILES string of the molecule is CN1CCc2nc(N(Cc3ccc(-c4nnc(C(F)F)o4)cc3)S(C)(=O)=O)sc2C1. The normalized spacial score (nSPS) is 14.8. The molecule has 30 heavy (non-hydrogen) atoms. The van der Waals surface area contributed by atoms with Crippen molar-refractivity contribution in [3.05, 3.63) is 46.3 Å². The van der Waals surface area contributed by atoms with E-state index in [1.807, 2.05) is 7.05 Å². The average Bonchev–Trinajstić information content (AvgIpc) is 3.32. The molecule has 0 radical (unpaired) electrons. The van der Waals surface area contributed by atoms with Crippen molar-refractivity contribution in [2.45, 2.75) is 25.9 Å². The number of aromatic nitrogens is 3. The Morgan fingerprint density at radius 1 is 1.27 bits per heavy atom. The van der Waals surface area contributed by atoms with E-state index in [1.165, 1.54) is 15.6 Å². The minimum absolute atomic E-state index is 0.0199. The number of thiazole rings is 1. The molecule has 2 aromatic heterocycles. The Balaban J connectivity index is 1.57. The van der Waals surface area contributed by atoms with Gasteiger partial charge in [0.1, 0.15) is 0 Å². The summed E-state index contributed by atoms with van der Waals surface area (Å²) in [5, 5.41) is 7.37. The predicted octanol–water partition coefficient (Wildman–Crippen LogP) is 3.08. The van der Waals surface area contributed by atoms with Gasteiger partial charge in [-0.1, -0.05) is 23.5 Å². The van der Waals surface area contributed by atoms with E-state index in [9.17, 15) is 17.2 Å². The van der Waals surface area contributed by atoms with Gasteiger partial charge in [0.25, 0.3) is 5.89 Å². The first-order chi connectivity index (χ1) is 14.2. The fraction of sp³-hybridized carbons (Fsp3) is 0.389. The lowest BCUT2D eigenvalue weighted by molar-refractivity contribution is 0.116. The predicted molar refractivity (Wildman–Crippen MR) is 108 cm³/mol. The Hall–Kier alpha value is -2.44. The second kappa shape index (κ2) is 8.00. The molecule has 3 heterocycles. The molecular formula is C18H19F2N5O3S2. The largest absolute Gasteiger partial charge is 0.415 e. The molecule has 0 N–H and O–H groups in total. The molecule has 3 aromatic rings. The maximum atomic E-state index is 12.6. The van der Waals surface area contributed by atoms with Crippen molar-refractivity contribution in [2.24, 2.45) is 0 Å². The van der Waals surface area contributed by atoms with Crippen molar-refractivity contribution in [3.63, 3.8) is 0 Å². The van der Waals surface area contributed by atoms with Crippen LogP contribution in [0.25, 0.3) is 11.5 Å². The number of sulfonamides is 1. The van der Waals surface area contributed by atoms with Crippen molar-refractivity contribution in [1.82, 2.24) is 20.1 Å².